The van der Waals surface area contributed by atoms with Crippen LogP contribution in [0.5, 0.6) is 0 Å². The molecule has 0 aromatic rings. The molecule has 0 N–H and O–H groups in total. The van der Waals surface area contributed by atoms with Crippen LogP contribution in [0.15, 0.2) is 72.7 Å². The summed E-state index contributed by atoms with van der Waals surface area (Å²) in [5.41, 5.74) is 3.44. The van der Waals surface area contributed by atoms with Crippen LogP contribution in [-0.2, 0) is 0 Å². The summed E-state index contributed by atoms with van der Waals surface area (Å²) in [5, 5.41) is 0. The third-order valence-corrected chi connectivity index (χ3v) is 2.81. The van der Waals surface area contributed by atoms with Crippen LogP contribution in [0.4, 0.5) is 0 Å². The maximum atomic E-state index is 4.00. The van der Waals surface area contributed by atoms with E-state index >= 15 is 0 Å². The second kappa shape index (κ2) is 10.2. The summed E-state index contributed by atoms with van der Waals surface area (Å²) in [5.74, 6) is 0. The lowest BCUT2D eigenvalue weighted by Gasteiger charge is -2.25. The molecule has 0 aromatic heterocycles. The van der Waals surface area contributed by atoms with Gasteiger partial charge >= 0.3 is 0 Å². The fraction of sp³-hybridized carbons (Fsp3) is 0.333. The van der Waals surface area contributed by atoms with E-state index in [0.29, 0.717) is 0 Å². The van der Waals surface area contributed by atoms with Gasteiger partial charge in [0.15, 0.2) is 0 Å². The summed E-state index contributed by atoms with van der Waals surface area (Å²) < 4.78 is 0. The van der Waals surface area contributed by atoms with Crippen molar-refractivity contribution < 1.29 is 0 Å². The van der Waals surface area contributed by atoms with E-state index in [2.05, 4.69) is 63.1 Å². The zero-order valence-corrected chi connectivity index (χ0v) is 12.8. The van der Waals surface area contributed by atoms with E-state index in [1.54, 1.807) is 0 Å². The molecule has 0 heterocycles. The molecule has 0 amide bonds. The van der Waals surface area contributed by atoms with Crippen molar-refractivity contribution in [2.24, 2.45) is 0 Å². The number of likely N-dealkylation sites (N-methyl/N-ethyl adjacent to an activating group) is 1. The molecule has 0 aromatic carbocycles. The first-order chi connectivity index (χ1) is 9.14. The van der Waals surface area contributed by atoms with Crippen molar-refractivity contribution in [3.05, 3.63) is 72.7 Å². The van der Waals surface area contributed by atoms with Crippen LogP contribution in [-0.4, -0.2) is 11.4 Å². The molecule has 0 bridgehead atoms. The molecule has 104 valence electrons. The number of hydrogen-bond acceptors (Lipinski definition) is 1. The van der Waals surface area contributed by atoms with Crippen LogP contribution >= 0.6 is 0 Å². The normalized spacial score (nSPS) is 13.3. The minimum Gasteiger partial charge on any atom is -0.342 e. The molecule has 0 spiro atoms. The maximum Gasteiger partial charge on any atom is 0.0407 e. The van der Waals surface area contributed by atoms with E-state index in [4.69, 9.17) is 0 Å². The summed E-state index contributed by atoms with van der Waals surface area (Å²) in [6.45, 7) is 17.0. The molecule has 0 aliphatic carbocycles. The van der Waals surface area contributed by atoms with Crippen LogP contribution in [0, 0.1) is 0 Å². The van der Waals surface area contributed by atoms with Crippen LogP contribution < -0.4 is 0 Å². The molecule has 0 unspecified atom stereocenters. The van der Waals surface area contributed by atoms with Gasteiger partial charge in [-0.15, -0.1) is 0 Å². The number of hydrogen-bond donors (Lipinski definition) is 0. The van der Waals surface area contributed by atoms with Gasteiger partial charge in [-0.25, -0.2) is 0 Å². The molecule has 0 rings (SSSR count). The Hall–Kier alpha value is -1.76. The average Bonchev–Trinajstić information content (AvgIpc) is 2.43. The van der Waals surface area contributed by atoms with E-state index in [-0.39, 0.29) is 0 Å². The fourth-order valence-corrected chi connectivity index (χ4v) is 1.70. The number of allylic oxidation sites excluding steroid dienone is 8. The van der Waals surface area contributed by atoms with Crippen molar-refractivity contribution in [3.63, 3.8) is 0 Å². The van der Waals surface area contributed by atoms with Crippen LogP contribution in [0.3, 0.4) is 0 Å². The van der Waals surface area contributed by atoms with Crippen molar-refractivity contribution in [3.8, 4) is 0 Å². The zero-order valence-electron chi connectivity index (χ0n) is 12.8. The summed E-state index contributed by atoms with van der Waals surface area (Å²) in [6, 6.07) is 0. The first-order valence-corrected chi connectivity index (χ1v) is 6.89. The van der Waals surface area contributed by atoms with Crippen molar-refractivity contribution in [2.45, 2.75) is 34.1 Å². The van der Waals surface area contributed by atoms with Crippen molar-refractivity contribution >= 4 is 0 Å². The third-order valence-electron chi connectivity index (χ3n) is 2.81. The van der Waals surface area contributed by atoms with E-state index in [1.165, 1.54) is 5.70 Å². The molecule has 0 saturated heterocycles. The van der Waals surface area contributed by atoms with Crippen LogP contribution in [0.2, 0.25) is 0 Å². The second-order valence-corrected chi connectivity index (χ2v) is 4.13. The van der Waals surface area contributed by atoms with Gasteiger partial charge in [-0.1, -0.05) is 50.0 Å². The first-order valence-electron chi connectivity index (χ1n) is 6.89. The quantitative estimate of drug-likeness (QED) is 0.528. The van der Waals surface area contributed by atoms with Crippen LogP contribution in [0.1, 0.15) is 34.1 Å². The van der Waals surface area contributed by atoms with Gasteiger partial charge in [0, 0.05) is 17.9 Å². The van der Waals surface area contributed by atoms with E-state index in [0.717, 1.165) is 24.2 Å². The van der Waals surface area contributed by atoms with Gasteiger partial charge in [-0.05, 0) is 45.4 Å². The van der Waals surface area contributed by atoms with Gasteiger partial charge in [-0.3, -0.25) is 0 Å². The Balaban J connectivity index is 5.29. The van der Waals surface area contributed by atoms with E-state index in [9.17, 15) is 0 Å². The maximum absolute atomic E-state index is 4.00. The molecule has 19 heavy (non-hydrogen) atoms. The predicted octanol–water partition coefficient (Wildman–Crippen LogP) is 5.38. The molecule has 0 aliphatic heterocycles. The Bertz CT molecular complexity index is 405. The zero-order chi connectivity index (χ0) is 14.7. The standard InChI is InChI=1S/C18H27N/c1-7-12-18(13-8-2)19(11-5)17(10-4)15-14-16(6)9-3/h7-8,10,12-15H,1,6,9,11H2,2-5H3/b13-8-,15-14-,17-10+,18-12+. The molecule has 1 heteroatoms. The Labute approximate surface area is 119 Å². The van der Waals surface area contributed by atoms with Gasteiger partial charge in [0.05, 0.1) is 0 Å². The topological polar surface area (TPSA) is 3.24 Å². The molecular weight excluding hydrogens is 230 g/mol. The molecule has 1 nitrogen and oxygen atoms in total. The Kier molecular flexibility index (Phi) is 9.25. The largest absolute Gasteiger partial charge is 0.342 e. The summed E-state index contributed by atoms with van der Waals surface area (Å²) in [4.78, 5) is 2.25. The van der Waals surface area contributed by atoms with E-state index < -0.39 is 0 Å². The molecule has 0 saturated carbocycles. The highest BCUT2D eigenvalue weighted by molar-refractivity contribution is 5.32. The van der Waals surface area contributed by atoms with E-state index in [1.807, 2.05) is 25.2 Å². The lowest BCUT2D eigenvalue weighted by atomic mass is 10.2. The first kappa shape index (κ1) is 17.2. The average molecular weight is 257 g/mol. The molecule has 0 radical (unpaired) electrons. The van der Waals surface area contributed by atoms with Crippen molar-refractivity contribution in [2.75, 3.05) is 6.54 Å². The third kappa shape index (κ3) is 6.10. The lowest BCUT2D eigenvalue weighted by Crippen LogP contribution is -2.20. The second-order valence-electron chi connectivity index (χ2n) is 4.13. The summed E-state index contributed by atoms with van der Waals surface area (Å²) in [7, 11) is 0. The Morgan fingerprint density at radius 1 is 1.05 bits per heavy atom. The SMILES string of the molecule is C=C/C=C(\C=C/C)N(CC)C(/C=C\C(=C)CC)=C/C. The molecule has 0 aliphatic rings. The van der Waals surface area contributed by atoms with Gasteiger partial charge in [0.1, 0.15) is 0 Å². The molecule has 0 fully saturated rings. The minimum absolute atomic E-state index is 0.909. The van der Waals surface area contributed by atoms with Gasteiger partial charge in [-0.2, -0.15) is 0 Å². The Morgan fingerprint density at radius 3 is 2.16 bits per heavy atom. The van der Waals surface area contributed by atoms with Gasteiger partial charge in [0.25, 0.3) is 0 Å². The van der Waals surface area contributed by atoms with Crippen molar-refractivity contribution in [1.29, 1.82) is 0 Å². The number of nitrogens with zero attached hydrogens (tertiary/aromatic N) is 1. The monoisotopic (exact) mass is 257 g/mol. The van der Waals surface area contributed by atoms with Crippen LogP contribution in [0.25, 0.3) is 0 Å². The van der Waals surface area contributed by atoms with Gasteiger partial charge < -0.3 is 4.90 Å². The highest BCUT2D eigenvalue weighted by Gasteiger charge is 2.07. The smallest absolute Gasteiger partial charge is 0.0407 e. The summed E-state index contributed by atoms with van der Waals surface area (Å²) in [6.07, 6.45) is 15.3. The molecular formula is C18H27N. The summed E-state index contributed by atoms with van der Waals surface area (Å²) >= 11 is 0. The minimum atomic E-state index is 0.909. The predicted molar refractivity (Wildman–Crippen MR) is 87.8 cm³/mol. The van der Waals surface area contributed by atoms with Crippen molar-refractivity contribution in [1.82, 2.24) is 4.90 Å². The Morgan fingerprint density at radius 2 is 1.74 bits per heavy atom. The van der Waals surface area contributed by atoms with Gasteiger partial charge in [0.2, 0.25) is 0 Å². The molecule has 0 atom stereocenters. The highest BCUT2D eigenvalue weighted by atomic mass is 15.1. The number of rotatable bonds is 8. The highest BCUT2D eigenvalue weighted by Crippen LogP contribution is 2.17. The lowest BCUT2D eigenvalue weighted by molar-refractivity contribution is 0.477. The fourth-order valence-electron chi connectivity index (χ4n) is 1.70.